The summed E-state index contributed by atoms with van der Waals surface area (Å²) in [5.74, 6) is 0.350. The molecule has 17 heavy (non-hydrogen) atoms. The van der Waals surface area contributed by atoms with E-state index in [2.05, 4.69) is 18.8 Å². The van der Waals surface area contributed by atoms with Crippen LogP contribution in [0.3, 0.4) is 0 Å². The van der Waals surface area contributed by atoms with Gasteiger partial charge in [0.2, 0.25) is 0 Å². The molecule has 0 spiro atoms. The van der Waals surface area contributed by atoms with Crippen LogP contribution in [-0.2, 0) is 0 Å². The number of carbonyl (C=O) groups excluding carboxylic acids is 1. The molecule has 0 saturated heterocycles. The highest BCUT2D eigenvalue weighted by atomic mass is 16.2. The van der Waals surface area contributed by atoms with Crippen molar-refractivity contribution >= 4 is 5.91 Å². The minimum absolute atomic E-state index is 0.0781. The molecule has 1 aromatic heterocycles. The molecule has 0 N–H and O–H groups in total. The molecule has 0 radical (unpaired) electrons. The Hall–Kier alpha value is -1.89. The van der Waals surface area contributed by atoms with Gasteiger partial charge in [0.25, 0.3) is 5.91 Å². The van der Waals surface area contributed by atoms with Gasteiger partial charge in [-0.2, -0.15) is 5.26 Å². The van der Waals surface area contributed by atoms with Crippen molar-refractivity contribution in [3.63, 3.8) is 0 Å². The second-order valence-electron chi connectivity index (χ2n) is 4.28. The molecule has 4 nitrogen and oxygen atoms in total. The zero-order valence-corrected chi connectivity index (χ0v) is 10.5. The molecule has 0 aliphatic rings. The number of aromatic nitrogens is 1. The third-order valence-corrected chi connectivity index (χ3v) is 2.37. The van der Waals surface area contributed by atoms with Crippen LogP contribution in [0.15, 0.2) is 18.3 Å². The average Bonchev–Trinajstić information content (AvgIpc) is 2.35. The van der Waals surface area contributed by atoms with E-state index in [1.807, 2.05) is 13.0 Å². The van der Waals surface area contributed by atoms with Crippen LogP contribution in [0.5, 0.6) is 0 Å². The number of hydrogen-bond donors (Lipinski definition) is 0. The normalized spacial score (nSPS) is 10.1. The smallest absolute Gasteiger partial charge is 0.272 e. The lowest BCUT2D eigenvalue weighted by atomic mass is 10.2. The Morgan fingerprint density at radius 2 is 2.24 bits per heavy atom. The Morgan fingerprint density at radius 1 is 1.53 bits per heavy atom. The van der Waals surface area contributed by atoms with Crippen LogP contribution in [0.4, 0.5) is 0 Å². The summed E-state index contributed by atoms with van der Waals surface area (Å²) in [6.07, 6.45) is 1.43. The molecule has 1 aromatic rings. The third-order valence-electron chi connectivity index (χ3n) is 2.37. The fourth-order valence-electron chi connectivity index (χ4n) is 1.54. The van der Waals surface area contributed by atoms with Gasteiger partial charge in [0.1, 0.15) is 11.8 Å². The highest BCUT2D eigenvalue weighted by Gasteiger charge is 2.16. The van der Waals surface area contributed by atoms with E-state index in [-0.39, 0.29) is 5.91 Å². The van der Waals surface area contributed by atoms with Gasteiger partial charge in [-0.15, -0.1) is 0 Å². The van der Waals surface area contributed by atoms with Gasteiger partial charge in [-0.3, -0.25) is 4.79 Å². The zero-order valence-electron chi connectivity index (χ0n) is 10.5. The molecule has 0 bridgehead atoms. The maximum atomic E-state index is 12.1. The summed E-state index contributed by atoms with van der Waals surface area (Å²) in [5.41, 5.74) is 0.861. The van der Waals surface area contributed by atoms with Crippen LogP contribution in [-0.4, -0.2) is 28.9 Å². The fourth-order valence-corrected chi connectivity index (χ4v) is 1.54. The first-order valence-corrected chi connectivity index (χ1v) is 5.74. The standard InChI is InChI=1S/C13H17N3O/c1-4-16(9-10(2)3)13(17)12-6-5-11(7-14)8-15-12/h5-6,8,10H,4,9H2,1-3H3. The van der Waals surface area contributed by atoms with Crippen LogP contribution >= 0.6 is 0 Å². The maximum absolute atomic E-state index is 12.1. The Balaban J connectivity index is 2.83. The summed E-state index contributed by atoms with van der Waals surface area (Å²) in [4.78, 5) is 17.9. The van der Waals surface area contributed by atoms with Gasteiger partial charge < -0.3 is 4.90 Å². The topological polar surface area (TPSA) is 57.0 Å². The molecule has 0 unspecified atom stereocenters. The molecule has 0 fully saturated rings. The van der Waals surface area contributed by atoms with E-state index in [1.165, 1.54) is 6.20 Å². The van der Waals surface area contributed by atoms with Crippen molar-refractivity contribution in [2.45, 2.75) is 20.8 Å². The largest absolute Gasteiger partial charge is 0.337 e. The van der Waals surface area contributed by atoms with E-state index in [4.69, 9.17) is 5.26 Å². The third kappa shape index (κ3) is 3.56. The van der Waals surface area contributed by atoms with Gasteiger partial charge in [-0.05, 0) is 25.0 Å². The number of pyridine rings is 1. The van der Waals surface area contributed by atoms with Crippen LogP contribution in [0.2, 0.25) is 0 Å². The van der Waals surface area contributed by atoms with Crippen molar-refractivity contribution in [3.8, 4) is 6.07 Å². The van der Waals surface area contributed by atoms with Gasteiger partial charge in [0.05, 0.1) is 5.56 Å². The molecule has 0 aromatic carbocycles. The molecule has 1 rings (SSSR count). The molecule has 4 heteroatoms. The summed E-state index contributed by atoms with van der Waals surface area (Å²) in [7, 11) is 0. The summed E-state index contributed by atoms with van der Waals surface area (Å²) in [5, 5.41) is 8.66. The van der Waals surface area contributed by atoms with Crippen LogP contribution in [0.1, 0.15) is 36.8 Å². The minimum atomic E-state index is -0.0781. The predicted octanol–water partition coefficient (Wildman–Crippen LogP) is 2.07. The minimum Gasteiger partial charge on any atom is -0.337 e. The lowest BCUT2D eigenvalue weighted by molar-refractivity contribution is 0.0740. The highest BCUT2D eigenvalue weighted by molar-refractivity contribution is 5.92. The Morgan fingerprint density at radius 3 is 2.65 bits per heavy atom. The van der Waals surface area contributed by atoms with E-state index in [0.717, 1.165) is 6.54 Å². The number of nitrogens with zero attached hydrogens (tertiary/aromatic N) is 3. The Labute approximate surface area is 102 Å². The van der Waals surface area contributed by atoms with Crippen molar-refractivity contribution < 1.29 is 4.79 Å². The predicted molar refractivity (Wildman–Crippen MR) is 65.4 cm³/mol. The first-order valence-electron chi connectivity index (χ1n) is 5.74. The van der Waals surface area contributed by atoms with Crippen molar-refractivity contribution in [2.75, 3.05) is 13.1 Å². The van der Waals surface area contributed by atoms with Gasteiger partial charge in [-0.1, -0.05) is 13.8 Å². The second kappa shape index (κ2) is 6.00. The van der Waals surface area contributed by atoms with Gasteiger partial charge >= 0.3 is 0 Å². The Kier molecular flexibility index (Phi) is 4.65. The first-order chi connectivity index (χ1) is 8.08. The fraction of sp³-hybridized carbons (Fsp3) is 0.462. The van der Waals surface area contributed by atoms with Crippen LogP contribution in [0.25, 0.3) is 0 Å². The molecular weight excluding hydrogens is 214 g/mol. The first kappa shape index (κ1) is 13.2. The van der Waals surface area contributed by atoms with E-state index in [9.17, 15) is 4.79 Å². The number of amides is 1. The van der Waals surface area contributed by atoms with E-state index in [0.29, 0.717) is 23.7 Å². The SMILES string of the molecule is CCN(CC(C)C)C(=O)c1ccc(C#N)cn1. The Bertz CT molecular complexity index is 417. The summed E-state index contributed by atoms with van der Waals surface area (Å²) in [6, 6.07) is 5.20. The molecule has 0 saturated carbocycles. The van der Waals surface area contributed by atoms with Crippen molar-refractivity contribution in [3.05, 3.63) is 29.6 Å². The number of carbonyl (C=O) groups is 1. The molecule has 0 aliphatic carbocycles. The quantitative estimate of drug-likeness (QED) is 0.797. The molecule has 0 aliphatic heterocycles. The second-order valence-corrected chi connectivity index (χ2v) is 4.28. The summed E-state index contributed by atoms with van der Waals surface area (Å²) >= 11 is 0. The number of nitriles is 1. The van der Waals surface area contributed by atoms with Crippen LogP contribution in [0, 0.1) is 17.2 Å². The van der Waals surface area contributed by atoms with Crippen molar-refractivity contribution in [1.82, 2.24) is 9.88 Å². The van der Waals surface area contributed by atoms with Crippen molar-refractivity contribution in [2.24, 2.45) is 5.92 Å². The van der Waals surface area contributed by atoms with Crippen molar-refractivity contribution in [1.29, 1.82) is 5.26 Å². The van der Waals surface area contributed by atoms with Gasteiger partial charge in [0, 0.05) is 19.3 Å². The molecule has 90 valence electrons. The zero-order chi connectivity index (χ0) is 12.8. The summed E-state index contributed by atoms with van der Waals surface area (Å²) < 4.78 is 0. The maximum Gasteiger partial charge on any atom is 0.272 e. The lowest BCUT2D eigenvalue weighted by Crippen LogP contribution is -2.34. The van der Waals surface area contributed by atoms with E-state index in [1.54, 1.807) is 17.0 Å². The number of rotatable bonds is 4. The highest BCUT2D eigenvalue weighted by Crippen LogP contribution is 2.06. The average molecular weight is 231 g/mol. The van der Waals surface area contributed by atoms with Crippen LogP contribution < -0.4 is 0 Å². The van der Waals surface area contributed by atoms with E-state index < -0.39 is 0 Å². The molecule has 0 atom stereocenters. The lowest BCUT2D eigenvalue weighted by Gasteiger charge is -2.22. The van der Waals surface area contributed by atoms with Gasteiger partial charge in [0.15, 0.2) is 0 Å². The van der Waals surface area contributed by atoms with Gasteiger partial charge in [-0.25, -0.2) is 4.98 Å². The molecule has 1 heterocycles. The molecular formula is C13H17N3O. The summed E-state index contributed by atoms with van der Waals surface area (Å²) in [6.45, 7) is 7.48. The van der Waals surface area contributed by atoms with E-state index >= 15 is 0 Å². The molecule has 1 amide bonds. The monoisotopic (exact) mass is 231 g/mol. The number of hydrogen-bond acceptors (Lipinski definition) is 3.